The lowest BCUT2D eigenvalue weighted by Gasteiger charge is -2.14. The molecule has 0 fully saturated rings. The summed E-state index contributed by atoms with van der Waals surface area (Å²) in [6.07, 6.45) is 1.56. The van der Waals surface area contributed by atoms with E-state index >= 15 is 0 Å². The van der Waals surface area contributed by atoms with Crippen LogP contribution in [-0.4, -0.2) is 12.1 Å². The van der Waals surface area contributed by atoms with Crippen LogP contribution in [0, 0.1) is 11.3 Å². The number of halogens is 2. The van der Waals surface area contributed by atoms with Gasteiger partial charge in [0.15, 0.2) is 0 Å². The largest absolute Gasteiger partial charge is 0.497 e. The maximum Gasteiger partial charge on any atom is 0.119 e. The Hall–Kier alpha value is -3.00. The molecule has 0 amide bonds. The van der Waals surface area contributed by atoms with E-state index in [0.29, 0.717) is 27.0 Å². The topological polar surface area (TPSA) is 57.9 Å². The molecule has 132 valence electrons. The van der Waals surface area contributed by atoms with Crippen LogP contribution < -0.4 is 10.1 Å². The standard InChI is InChI=1S/C21H13Cl2N3O/c1-27-16-4-2-12-8-20-17(7-13(12)6-16)21(14(10-24)11-25-20)26-19-5-3-15(22)9-18(19)23/h2-9,11H,1H3,(H,25,26). The molecule has 0 saturated carbocycles. The quantitative estimate of drug-likeness (QED) is 0.413. The van der Waals surface area contributed by atoms with Gasteiger partial charge in [-0.15, -0.1) is 0 Å². The molecule has 0 aliphatic rings. The van der Waals surface area contributed by atoms with Gasteiger partial charge >= 0.3 is 0 Å². The average Bonchev–Trinajstić information content (AvgIpc) is 2.68. The second-order valence-electron chi connectivity index (χ2n) is 5.99. The highest BCUT2D eigenvalue weighted by Crippen LogP contribution is 2.35. The van der Waals surface area contributed by atoms with Gasteiger partial charge in [-0.3, -0.25) is 4.98 Å². The lowest BCUT2D eigenvalue weighted by atomic mass is 10.0. The molecule has 0 aliphatic heterocycles. The highest BCUT2D eigenvalue weighted by atomic mass is 35.5. The number of nitriles is 1. The molecule has 0 radical (unpaired) electrons. The van der Waals surface area contributed by atoms with Crippen molar-refractivity contribution in [2.75, 3.05) is 12.4 Å². The first-order valence-corrected chi connectivity index (χ1v) is 8.87. The average molecular weight is 394 g/mol. The van der Waals surface area contributed by atoms with Gasteiger partial charge in [0.2, 0.25) is 0 Å². The molecule has 4 nitrogen and oxygen atoms in total. The van der Waals surface area contributed by atoms with Crippen molar-refractivity contribution in [2.24, 2.45) is 0 Å². The van der Waals surface area contributed by atoms with Gasteiger partial charge in [0.05, 0.1) is 34.6 Å². The second-order valence-corrected chi connectivity index (χ2v) is 6.83. The van der Waals surface area contributed by atoms with Crippen molar-refractivity contribution >= 4 is 56.3 Å². The van der Waals surface area contributed by atoms with Crippen molar-refractivity contribution in [3.63, 3.8) is 0 Å². The number of benzene rings is 3. The van der Waals surface area contributed by atoms with Gasteiger partial charge < -0.3 is 10.1 Å². The minimum absolute atomic E-state index is 0.427. The number of hydrogen-bond donors (Lipinski definition) is 1. The zero-order chi connectivity index (χ0) is 19.0. The fourth-order valence-corrected chi connectivity index (χ4v) is 3.44. The molecule has 0 aliphatic carbocycles. The van der Waals surface area contributed by atoms with Crippen LogP contribution in [0.1, 0.15) is 5.56 Å². The minimum atomic E-state index is 0.427. The first-order valence-electron chi connectivity index (χ1n) is 8.12. The highest BCUT2D eigenvalue weighted by Gasteiger charge is 2.12. The van der Waals surface area contributed by atoms with Gasteiger partial charge in [0.1, 0.15) is 11.8 Å². The minimum Gasteiger partial charge on any atom is -0.497 e. The van der Waals surface area contributed by atoms with E-state index in [1.54, 1.807) is 31.5 Å². The number of aromatic nitrogens is 1. The zero-order valence-electron chi connectivity index (χ0n) is 14.3. The van der Waals surface area contributed by atoms with Gasteiger partial charge in [-0.2, -0.15) is 5.26 Å². The summed E-state index contributed by atoms with van der Waals surface area (Å²) >= 11 is 12.3. The second kappa shape index (κ2) is 6.96. The molecule has 0 spiro atoms. The van der Waals surface area contributed by atoms with Crippen molar-refractivity contribution in [1.29, 1.82) is 5.26 Å². The maximum absolute atomic E-state index is 9.56. The third-order valence-electron chi connectivity index (χ3n) is 4.34. The fourth-order valence-electron chi connectivity index (χ4n) is 2.99. The first kappa shape index (κ1) is 17.4. The van der Waals surface area contributed by atoms with Gasteiger partial charge in [-0.1, -0.05) is 29.3 Å². The first-order chi connectivity index (χ1) is 13.1. The Morgan fingerprint density at radius 2 is 1.89 bits per heavy atom. The van der Waals surface area contributed by atoms with E-state index in [0.717, 1.165) is 27.4 Å². The summed E-state index contributed by atoms with van der Waals surface area (Å²) < 4.78 is 5.32. The predicted molar refractivity (Wildman–Crippen MR) is 110 cm³/mol. The van der Waals surface area contributed by atoms with Gasteiger partial charge in [-0.05, 0) is 53.2 Å². The van der Waals surface area contributed by atoms with E-state index in [1.807, 2.05) is 30.3 Å². The van der Waals surface area contributed by atoms with Crippen LogP contribution in [0.15, 0.2) is 54.7 Å². The summed E-state index contributed by atoms with van der Waals surface area (Å²) in [7, 11) is 1.63. The SMILES string of the molecule is COc1ccc2cc3ncc(C#N)c(Nc4ccc(Cl)cc4Cl)c3cc2c1. The van der Waals surface area contributed by atoms with E-state index < -0.39 is 0 Å². The Balaban J connectivity index is 1.95. The van der Waals surface area contributed by atoms with E-state index in [4.69, 9.17) is 27.9 Å². The summed E-state index contributed by atoms with van der Waals surface area (Å²) in [4.78, 5) is 4.44. The molecule has 0 saturated heterocycles. The molecule has 1 aromatic heterocycles. The van der Waals surface area contributed by atoms with Crippen LogP contribution in [0.5, 0.6) is 5.75 Å². The van der Waals surface area contributed by atoms with Crippen LogP contribution in [0.4, 0.5) is 11.4 Å². The number of fused-ring (bicyclic) bond motifs is 2. The van der Waals surface area contributed by atoms with Crippen molar-refractivity contribution in [1.82, 2.24) is 4.98 Å². The van der Waals surface area contributed by atoms with Crippen LogP contribution in [0.25, 0.3) is 21.7 Å². The Kier molecular flexibility index (Phi) is 4.49. The van der Waals surface area contributed by atoms with Crippen LogP contribution >= 0.6 is 23.2 Å². The van der Waals surface area contributed by atoms with E-state index in [9.17, 15) is 5.26 Å². The third-order valence-corrected chi connectivity index (χ3v) is 4.89. The monoisotopic (exact) mass is 393 g/mol. The molecule has 3 aromatic carbocycles. The zero-order valence-corrected chi connectivity index (χ0v) is 15.8. The number of hydrogen-bond acceptors (Lipinski definition) is 4. The number of nitrogens with zero attached hydrogens (tertiary/aromatic N) is 2. The molecular weight excluding hydrogens is 381 g/mol. The summed E-state index contributed by atoms with van der Waals surface area (Å²) in [5, 5.41) is 16.7. The van der Waals surface area contributed by atoms with Crippen LogP contribution in [0.2, 0.25) is 10.0 Å². The van der Waals surface area contributed by atoms with Gasteiger partial charge in [0, 0.05) is 16.6 Å². The lowest BCUT2D eigenvalue weighted by molar-refractivity contribution is 0.415. The van der Waals surface area contributed by atoms with Crippen molar-refractivity contribution < 1.29 is 4.74 Å². The molecular formula is C21H13Cl2N3O. The molecule has 1 heterocycles. The predicted octanol–water partition coefficient (Wildman–Crippen LogP) is 6.32. The summed E-state index contributed by atoms with van der Waals surface area (Å²) in [6, 6.07) is 17.2. The molecule has 0 unspecified atom stereocenters. The van der Waals surface area contributed by atoms with Gasteiger partial charge in [-0.25, -0.2) is 0 Å². The maximum atomic E-state index is 9.56. The summed E-state index contributed by atoms with van der Waals surface area (Å²) in [6.45, 7) is 0. The molecule has 4 aromatic rings. The van der Waals surface area contributed by atoms with Crippen LogP contribution in [-0.2, 0) is 0 Å². The summed E-state index contributed by atoms with van der Waals surface area (Å²) in [5.41, 5.74) is 2.52. The number of methoxy groups -OCH3 is 1. The van der Waals surface area contributed by atoms with Crippen molar-refractivity contribution in [3.8, 4) is 11.8 Å². The third kappa shape index (κ3) is 3.23. The van der Waals surface area contributed by atoms with Gasteiger partial charge in [0.25, 0.3) is 0 Å². The molecule has 1 N–H and O–H groups in total. The Morgan fingerprint density at radius 3 is 2.63 bits per heavy atom. The summed E-state index contributed by atoms with van der Waals surface area (Å²) in [5.74, 6) is 0.765. The molecule has 4 rings (SSSR count). The lowest BCUT2D eigenvalue weighted by Crippen LogP contribution is -1.97. The number of nitrogens with one attached hydrogen (secondary N) is 1. The fraction of sp³-hybridized carbons (Fsp3) is 0.0476. The highest BCUT2D eigenvalue weighted by molar-refractivity contribution is 6.36. The molecule has 0 atom stereocenters. The Morgan fingerprint density at radius 1 is 1.04 bits per heavy atom. The van der Waals surface area contributed by atoms with Crippen molar-refractivity contribution in [2.45, 2.75) is 0 Å². The number of ether oxygens (including phenoxy) is 1. The number of anilines is 2. The Labute approximate surface area is 165 Å². The van der Waals surface area contributed by atoms with E-state index in [-0.39, 0.29) is 0 Å². The van der Waals surface area contributed by atoms with E-state index in [2.05, 4.69) is 16.4 Å². The molecule has 0 bridgehead atoms. The van der Waals surface area contributed by atoms with Crippen LogP contribution in [0.3, 0.4) is 0 Å². The van der Waals surface area contributed by atoms with E-state index in [1.165, 1.54) is 0 Å². The molecule has 27 heavy (non-hydrogen) atoms. The number of rotatable bonds is 3. The smallest absolute Gasteiger partial charge is 0.119 e. The number of pyridine rings is 1. The Bertz CT molecular complexity index is 1230. The molecule has 6 heteroatoms. The van der Waals surface area contributed by atoms with Crippen molar-refractivity contribution in [3.05, 3.63) is 70.3 Å². The normalized spacial score (nSPS) is 10.7.